The lowest BCUT2D eigenvalue weighted by atomic mass is 10.0. The Balaban J connectivity index is 2.30. The molecule has 0 amide bonds. The fourth-order valence-electron chi connectivity index (χ4n) is 2.10. The molecule has 2 aromatic rings. The maximum absolute atomic E-state index is 13.8. The zero-order valence-corrected chi connectivity index (χ0v) is 11.4. The van der Waals surface area contributed by atoms with Gasteiger partial charge in [0, 0.05) is 0 Å². The van der Waals surface area contributed by atoms with Crippen molar-refractivity contribution in [3.63, 3.8) is 0 Å². The van der Waals surface area contributed by atoms with Crippen LogP contribution in [0.15, 0.2) is 42.5 Å². The lowest BCUT2D eigenvalue weighted by molar-refractivity contribution is 0.0697. The zero-order chi connectivity index (χ0) is 15.4. The van der Waals surface area contributed by atoms with Gasteiger partial charge in [0.15, 0.2) is 0 Å². The van der Waals surface area contributed by atoms with Gasteiger partial charge in [-0.15, -0.1) is 0 Å². The standard InChI is InChI=1S/C16H15F2NO2/c1-2-14(10-4-3-5-12(17)8-10)19-15-9-11(16(20)21)6-7-13(15)18/h3-9,14,19H,2H2,1H3,(H,20,21). The van der Waals surface area contributed by atoms with Crippen LogP contribution in [0.4, 0.5) is 14.5 Å². The number of aromatic carboxylic acids is 1. The van der Waals surface area contributed by atoms with Gasteiger partial charge in [0.05, 0.1) is 17.3 Å². The maximum Gasteiger partial charge on any atom is 0.335 e. The molecular weight excluding hydrogens is 276 g/mol. The molecule has 0 aliphatic rings. The molecule has 0 bridgehead atoms. The number of carboxylic acid groups (broad SMARTS) is 1. The van der Waals surface area contributed by atoms with E-state index in [9.17, 15) is 13.6 Å². The quantitative estimate of drug-likeness (QED) is 0.867. The first-order valence-electron chi connectivity index (χ1n) is 6.56. The van der Waals surface area contributed by atoms with Gasteiger partial charge in [-0.2, -0.15) is 0 Å². The Morgan fingerprint density at radius 2 is 2.00 bits per heavy atom. The average molecular weight is 291 g/mol. The van der Waals surface area contributed by atoms with E-state index in [0.29, 0.717) is 12.0 Å². The summed E-state index contributed by atoms with van der Waals surface area (Å²) in [5, 5.41) is 11.9. The van der Waals surface area contributed by atoms with Gasteiger partial charge >= 0.3 is 5.97 Å². The van der Waals surface area contributed by atoms with E-state index < -0.39 is 11.8 Å². The van der Waals surface area contributed by atoms with Crippen LogP contribution >= 0.6 is 0 Å². The van der Waals surface area contributed by atoms with Crippen molar-refractivity contribution in [2.45, 2.75) is 19.4 Å². The third kappa shape index (κ3) is 3.56. The molecule has 21 heavy (non-hydrogen) atoms. The van der Waals surface area contributed by atoms with Crippen LogP contribution in [0.1, 0.15) is 35.3 Å². The molecule has 0 saturated heterocycles. The first kappa shape index (κ1) is 15.0. The van der Waals surface area contributed by atoms with Gasteiger partial charge in [0.1, 0.15) is 11.6 Å². The lowest BCUT2D eigenvalue weighted by Crippen LogP contribution is -2.12. The van der Waals surface area contributed by atoms with Gasteiger partial charge in [-0.3, -0.25) is 0 Å². The topological polar surface area (TPSA) is 49.3 Å². The van der Waals surface area contributed by atoms with Crippen LogP contribution in [0.5, 0.6) is 0 Å². The first-order valence-corrected chi connectivity index (χ1v) is 6.56. The molecular formula is C16H15F2NO2. The highest BCUT2D eigenvalue weighted by molar-refractivity contribution is 5.88. The van der Waals surface area contributed by atoms with Crippen LogP contribution in [0.3, 0.4) is 0 Å². The molecule has 3 nitrogen and oxygen atoms in total. The van der Waals surface area contributed by atoms with E-state index in [2.05, 4.69) is 5.32 Å². The summed E-state index contributed by atoms with van der Waals surface area (Å²) in [5.74, 6) is -2.04. The van der Waals surface area contributed by atoms with Crippen LogP contribution in [-0.2, 0) is 0 Å². The maximum atomic E-state index is 13.8. The fourth-order valence-corrected chi connectivity index (χ4v) is 2.10. The molecule has 0 radical (unpaired) electrons. The summed E-state index contributed by atoms with van der Waals surface area (Å²) >= 11 is 0. The minimum Gasteiger partial charge on any atom is -0.478 e. The Morgan fingerprint density at radius 1 is 1.24 bits per heavy atom. The highest BCUT2D eigenvalue weighted by Gasteiger charge is 2.14. The highest BCUT2D eigenvalue weighted by Crippen LogP contribution is 2.25. The molecule has 0 aromatic heterocycles. The van der Waals surface area contributed by atoms with Crippen molar-refractivity contribution in [3.05, 3.63) is 65.2 Å². The molecule has 2 N–H and O–H groups in total. The summed E-state index contributed by atoms with van der Waals surface area (Å²) in [6, 6.07) is 9.26. The number of carboxylic acids is 1. The molecule has 110 valence electrons. The molecule has 0 aliphatic heterocycles. The van der Waals surface area contributed by atoms with Crippen molar-refractivity contribution >= 4 is 11.7 Å². The summed E-state index contributed by atoms with van der Waals surface area (Å²) in [6.45, 7) is 1.88. The second-order valence-electron chi connectivity index (χ2n) is 4.66. The molecule has 2 rings (SSSR count). The molecule has 1 atom stereocenters. The van der Waals surface area contributed by atoms with Crippen molar-refractivity contribution in [2.24, 2.45) is 0 Å². The van der Waals surface area contributed by atoms with E-state index in [1.165, 1.54) is 24.3 Å². The van der Waals surface area contributed by atoms with Gasteiger partial charge in [-0.05, 0) is 42.3 Å². The normalized spacial score (nSPS) is 12.0. The SMILES string of the molecule is CCC(Nc1cc(C(=O)O)ccc1F)c1cccc(F)c1. The predicted octanol–water partition coefficient (Wildman–Crippen LogP) is 4.23. The highest BCUT2D eigenvalue weighted by atomic mass is 19.1. The first-order chi connectivity index (χ1) is 10.0. The summed E-state index contributed by atoms with van der Waals surface area (Å²) in [6.07, 6.45) is 0.597. The molecule has 1 unspecified atom stereocenters. The van der Waals surface area contributed by atoms with E-state index in [1.54, 1.807) is 12.1 Å². The third-order valence-corrected chi connectivity index (χ3v) is 3.20. The van der Waals surface area contributed by atoms with E-state index in [0.717, 1.165) is 6.07 Å². The van der Waals surface area contributed by atoms with Crippen LogP contribution < -0.4 is 5.32 Å². The summed E-state index contributed by atoms with van der Waals surface area (Å²) in [5.41, 5.74) is 0.761. The van der Waals surface area contributed by atoms with E-state index in [-0.39, 0.29) is 23.1 Å². The summed E-state index contributed by atoms with van der Waals surface area (Å²) < 4.78 is 27.1. The number of carbonyl (C=O) groups is 1. The number of halogens is 2. The van der Waals surface area contributed by atoms with Crippen molar-refractivity contribution in [3.8, 4) is 0 Å². The average Bonchev–Trinajstić information content (AvgIpc) is 2.46. The van der Waals surface area contributed by atoms with Crippen molar-refractivity contribution < 1.29 is 18.7 Å². The predicted molar refractivity (Wildman–Crippen MR) is 76.4 cm³/mol. The van der Waals surface area contributed by atoms with Crippen molar-refractivity contribution in [2.75, 3.05) is 5.32 Å². The Hall–Kier alpha value is -2.43. The Bertz CT molecular complexity index is 658. The lowest BCUT2D eigenvalue weighted by Gasteiger charge is -2.19. The smallest absolute Gasteiger partial charge is 0.335 e. The number of benzene rings is 2. The minimum atomic E-state index is -1.13. The number of hydrogen-bond acceptors (Lipinski definition) is 2. The summed E-state index contributed by atoms with van der Waals surface area (Å²) in [7, 11) is 0. The molecule has 0 spiro atoms. The number of hydrogen-bond donors (Lipinski definition) is 2. The fraction of sp³-hybridized carbons (Fsp3) is 0.188. The van der Waals surface area contributed by atoms with Gasteiger partial charge in [-0.25, -0.2) is 13.6 Å². The van der Waals surface area contributed by atoms with Gasteiger partial charge in [0.2, 0.25) is 0 Å². The van der Waals surface area contributed by atoms with E-state index in [1.807, 2.05) is 6.92 Å². The zero-order valence-electron chi connectivity index (χ0n) is 11.4. The molecule has 2 aromatic carbocycles. The minimum absolute atomic E-state index is 0.00649. The van der Waals surface area contributed by atoms with Crippen LogP contribution in [0.25, 0.3) is 0 Å². The summed E-state index contributed by atoms with van der Waals surface area (Å²) in [4.78, 5) is 10.9. The molecule has 0 aliphatic carbocycles. The van der Waals surface area contributed by atoms with Gasteiger partial charge in [0.25, 0.3) is 0 Å². The second kappa shape index (κ2) is 6.35. The van der Waals surface area contributed by atoms with Crippen LogP contribution in [0, 0.1) is 11.6 Å². The molecule has 0 saturated carbocycles. The van der Waals surface area contributed by atoms with Gasteiger partial charge < -0.3 is 10.4 Å². The van der Waals surface area contributed by atoms with Crippen LogP contribution in [-0.4, -0.2) is 11.1 Å². The number of rotatable bonds is 5. The largest absolute Gasteiger partial charge is 0.478 e. The number of nitrogens with one attached hydrogen (secondary N) is 1. The van der Waals surface area contributed by atoms with Gasteiger partial charge in [-0.1, -0.05) is 19.1 Å². The van der Waals surface area contributed by atoms with Crippen molar-refractivity contribution in [1.29, 1.82) is 0 Å². The molecule has 0 fully saturated rings. The Kier molecular flexibility index (Phi) is 4.52. The van der Waals surface area contributed by atoms with E-state index >= 15 is 0 Å². The molecule has 0 heterocycles. The molecule has 5 heteroatoms. The Morgan fingerprint density at radius 3 is 2.62 bits per heavy atom. The number of anilines is 1. The monoisotopic (exact) mass is 291 g/mol. The second-order valence-corrected chi connectivity index (χ2v) is 4.66. The van der Waals surface area contributed by atoms with E-state index in [4.69, 9.17) is 5.11 Å². The third-order valence-electron chi connectivity index (χ3n) is 3.20. The van der Waals surface area contributed by atoms with Crippen molar-refractivity contribution in [1.82, 2.24) is 0 Å². The Labute approximate surface area is 121 Å². The van der Waals surface area contributed by atoms with Crippen LogP contribution in [0.2, 0.25) is 0 Å².